The van der Waals surface area contributed by atoms with Crippen LogP contribution < -0.4 is 0 Å². The zero-order chi connectivity index (χ0) is 10.2. The van der Waals surface area contributed by atoms with E-state index in [9.17, 15) is 4.79 Å². The topological polar surface area (TPSA) is 26.3 Å². The van der Waals surface area contributed by atoms with Gasteiger partial charge in [0, 0.05) is 0 Å². The molecule has 14 heavy (non-hydrogen) atoms. The SMILES string of the molecule is CCC1(OC(=O)CCl)CC2CCC1C2. The Labute approximate surface area is 90.0 Å². The van der Waals surface area contributed by atoms with Crippen LogP contribution in [0.1, 0.15) is 39.0 Å². The van der Waals surface area contributed by atoms with Crippen molar-refractivity contribution in [2.75, 3.05) is 5.88 Å². The molecule has 0 saturated heterocycles. The second kappa shape index (κ2) is 3.73. The van der Waals surface area contributed by atoms with E-state index >= 15 is 0 Å². The average Bonchev–Trinajstić information content (AvgIpc) is 2.77. The summed E-state index contributed by atoms with van der Waals surface area (Å²) in [6.07, 6.45) is 5.82. The number of halogens is 1. The predicted molar refractivity (Wildman–Crippen MR) is 55.3 cm³/mol. The Kier molecular flexibility index (Phi) is 2.74. The van der Waals surface area contributed by atoms with E-state index in [4.69, 9.17) is 16.3 Å². The maximum absolute atomic E-state index is 11.3. The van der Waals surface area contributed by atoms with Crippen molar-refractivity contribution in [1.29, 1.82) is 0 Å². The third-order valence-corrected chi connectivity index (χ3v) is 4.16. The number of carbonyl (C=O) groups is 1. The van der Waals surface area contributed by atoms with Gasteiger partial charge < -0.3 is 4.74 Å². The fourth-order valence-electron chi connectivity index (χ4n) is 3.28. The predicted octanol–water partition coefficient (Wildman–Crippen LogP) is 2.74. The molecule has 2 rings (SSSR count). The third kappa shape index (κ3) is 1.54. The van der Waals surface area contributed by atoms with Gasteiger partial charge >= 0.3 is 5.97 Å². The molecule has 0 N–H and O–H groups in total. The van der Waals surface area contributed by atoms with Gasteiger partial charge in [0.1, 0.15) is 11.5 Å². The number of esters is 1. The molecule has 80 valence electrons. The highest BCUT2D eigenvalue weighted by Crippen LogP contribution is 2.54. The molecule has 2 aliphatic carbocycles. The lowest BCUT2D eigenvalue weighted by atomic mass is 9.82. The van der Waals surface area contributed by atoms with E-state index in [0.717, 1.165) is 18.8 Å². The normalized spacial score (nSPS) is 40.1. The lowest BCUT2D eigenvalue weighted by Gasteiger charge is -2.36. The first kappa shape index (κ1) is 10.3. The van der Waals surface area contributed by atoms with Crippen molar-refractivity contribution >= 4 is 17.6 Å². The van der Waals surface area contributed by atoms with Crippen LogP contribution in [0.5, 0.6) is 0 Å². The van der Waals surface area contributed by atoms with Crippen LogP contribution in [-0.4, -0.2) is 17.5 Å². The molecule has 3 heteroatoms. The van der Waals surface area contributed by atoms with Crippen molar-refractivity contribution in [3.63, 3.8) is 0 Å². The number of rotatable bonds is 3. The molecule has 0 heterocycles. The minimum Gasteiger partial charge on any atom is -0.458 e. The lowest BCUT2D eigenvalue weighted by Crippen LogP contribution is -2.40. The summed E-state index contributed by atoms with van der Waals surface area (Å²) >= 11 is 5.48. The van der Waals surface area contributed by atoms with E-state index in [-0.39, 0.29) is 17.5 Å². The molecule has 0 aromatic heterocycles. The number of hydrogen-bond donors (Lipinski definition) is 0. The fourth-order valence-corrected chi connectivity index (χ4v) is 3.33. The molecule has 0 aliphatic heterocycles. The highest BCUT2D eigenvalue weighted by Gasteiger charge is 2.52. The smallest absolute Gasteiger partial charge is 0.321 e. The Balaban J connectivity index is 2.07. The molecule has 0 radical (unpaired) electrons. The summed E-state index contributed by atoms with van der Waals surface area (Å²) < 4.78 is 5.56. The van der Waals surface area contributed by atoms with Gasteiger partial charge in [0.05, 0.1) is 0 Å². The van der Waals surface area contributed by atoms with Crippen LogP contribution in [0, 0.1) is 11.8 Å². The number of carbonyl (C=O) groups excluding carboxylic acids is 1. The summed E-state index contributed by atoms with van der Waals surface area (Å²) in [6, 6.07) is 0. The van der Waals surface area contributed by atoms with Gasteiger partial charge in [0.2, 0.25) is 0 Å². The third-order valence-electron chi connectivity index (χ3n) is 3.94. The molecule has 2 fully saturated rings. The Morgan fingerprint density at radius 1 is 1.57 bits per heavy atom. The van der Waals surface area contributed by atoms with E-state index in [1.54, 1.807) is 0 Å². The molecular weight excluding hydrogens is 200 g/mol. The average molecular weight is 217 g/mol. The van der Waals surface area contributed by atoms with Crippen LogP contribution in [0.15, 0.2) is 0 Å². The molecule has 0 aromatic rings. The first-order valence-corrected chi connectivity index (χ1v) is 6.01. The fraction of sp³-hybridized carbons (Fsp3) is 0.909. The molecule has 2 nitrogen and oxygen atoms in total. The molecule has 0 aromatic carbocycles. The van der Waals surface area contributed by atoms with Gasteiger partial charge in [-0.25, -0.2) is 0 Å². The molecule has 2 aliphatic rings. The molecule has 2 saturated carbocycles. The van der Waals surface area contributed by atoms with E-state index in [1.165, 1.54) is 19.3 Å². The Morgan fingerprint density at radius 2 is 2.36 bits per heavy atom. The lowest BCUT2D eigenvalue weighted by molar-refractivity contribution is -0.163. The van der Waals surface area contributed by atoms with Crippen molar-refractivity contribution in [3.05, 3.63) is 0 Å². The summed E-state index contributed by atoms with van der Waals surface area (Å²) in [5.74, 6) is 1.13. The van der Waals surface area contributed by atoms with Crippen molar-refractivity contribution < 1.29 is 9.53 Å². The van der Waals surface area contributed by atoms with Crippen LogP contribution in [0.4, 0.5) is 0 Å². The van der Waals surface area contributed by atoms with E-state index in [1.807, 2.05) is 0 Å². The molecule has 0 amide bonds. The largest absolute Gasteiger partial charge is 0.458 e. The van der Waals surface area contributed by atoms with Crippen molar-refractivity contribution in [2.24, 2.45) is 11.8 Å². The van der Waals surface area contributed by atoms with Gasteiger partial charge in [-0.05, 0) is 43.9 Å². The summed E-state index contributed by atoms with van der Waals surface area (Å²) in [7, 11) is 0. The van der Waals surface area contributed by atoms with Crippen LogP contribution in [-0.2, 0) is 9.53 Å². The minimum absolute atomic E-state index is 0.0147. The number of alkyl halides is 1. The Hall–Kier alpha value is -0.240. The quantitative estimate of drug-likeness (QED) is 0.536. The summed E-state index contributed by atoms with van der Waals surface area (Å²) in [6.45, 7) is 2.11. The van der Waals surface area contributed by atoms with Crippen LogP contribution >= 0.6 is 11.6 Å². The van der Waals surface area contributed by atoms with Crippen LogP contribution in [0.2, 0.25) is 0 Å². The van der Waals surface area contributed by atoms with Gasteiger partial charge in [-0.2, -0.15) is 0 Å². The first-order valence-electron chi connectivity index (χ1n) is 5.48. The first-order chi connectivity index (χ1) is 6.70. The van der Waals surface area contributed by atoms with E-state index in [2.05, 4.69) is 6.92 Å². The zero-order valence-electron chi connectivity index (χ0n) is 8.59. The number of ether oxygens (including phenoxy) is 1. The monoisotopic (exact) mass is 216 g/mol. The van der Waals surface area contributed by atoms with Gasteiger partial charge in [0.15, 0.2) is 0 Å². The van der Waals surface area contributed by atoms with Crippen molar-refractivity contribution in [3.8, 4) is 0 Å². The van der Waals surface area contributed by atoms with Gasteiger partial charge in [0.25, 0.3) is 0 Å². The van der Waals surface area contributed by atoms with Crippen LogP contribution in [0.25, 0.3) is 0 Å². The minimum atomic E-state index is -0.249. The molecule has 2 bridgehead atoms. The second-order valence-corrected chi connectivity index (χ2v) is 4.87. The molecule has 3 unspecified atom stereocenters. The number of fused-ring (bicyclic) bond motifs is 2. The highest BCUT2D eigenvalue weighted by molar-refractivity contribution is 6.26. The van der Waals surface area contributed by atoms with Crippen LogP contribution in [0.3, 0.4) is 0 Å². The van der Waals surface area contributed by atoms with Crippen molar-refractivity contribution in [2.45, 2.75) is 44.6 Å². The summed E-state index contributed by atoms with van der Waals surface area (Å²) in [5.41, 5.74) is -0.158. The second-order valence-electron chi connectivity index (χ2n) is 4.61. The molecule has 3 atom stereocenters. The summed E-state index contributed by atoms with van der Waals surface area (Å²) in [5, 5.41) is 0. The van der Waals surface area contributed by atoms with Gasteiger partial charge in [-0.3, -0.25) is 4.79 Å². The van der Waals surface area contributed by atoms with E-state index < -0.39 is 0 Å². The maximum atomic E-state index is 11.3. The molecule has 0 spiro atoms. The highest BCUT2D eigenvalue weighted by atomic mass is 35.5. The molecular formula is C11H17ClO2. The maximum Gasteiger partial charge on any atom is 0.321 e. The Bertz CT molecular complexity index is 241. The van der Waals surface area contributed by atoms with E-state index in [0.29, 0.717) is 5.92 Å². The number of hydrogen-bond acceptors (Lipinski definition) is 2. The summed E-state index contributed by atoms with van der Waals surface area (Å²) in [4.78, 5) is 11.3. The van der Waals surface area contributed by atoms with Crippen molar-refractivity contribution in [1.82, 2.24) is 0 Å². The van der Waals surface area contributed by atoms with Gasteiger partial charge in [-0.15, -0.1) is 11.6 Å². The standard InChI is InChI=1S/C11H17ClO2/c1-2-11(14-10(13)7-12)6-8-3-4-9(11)5-8/h8-9H,2-7H2,1H3. The zero-order valence-corrected chi connectivity index (χ0v) is 9.35. The Morgan fingerprint density at radius 3 is 2.79 bits per heavy atom. The van der Waals surface area contributed by atoms with Gasteiger partial charge in [-0.1, -0.05) is 6.92 Å².